The van der Waals surface area contributed by atoms with Crippen LogP contribution in [-0.4, -0.2) is 40.1 Å². The van der Waals surface area contributed by atoms with Crippen LogP contribution < -0.4 is 4.87 Å². The molecule has 1 saturated heterocycles. The highest BCUT2D eigenvalue weighted by atomic mass is 32.1. The zero-order valence-electron chi connectivity index (χ0n) is 14.6. The molecular weight excluding hydrogens is 370 g/mol. The van der Waals surface area contributed by atoms with Gasteiger partial charge in [0.1, 0.15) is 17.6 Å². The van der Waals surface area contributed by atoms with Crippen LogP contribution >= 0.6 is 22.7 Å². The second-order valence-electron chi connectivity index (χ2n) is 6.29. The van der Waals surface area contributed by atoms with E-state index >= 15 is 0 Å². The molecule has 4 rings (SSSR count). The highest BCUT2D eigenvalue weighted by Crippen LogP contribution is 2.31. The Morgan fingerprint density at radius 3 is 2.85 bits per heavy atom. The second-order valence-corrected chi connectivity index (χ2v) is 8.52. The number of hydrogen-bond acceptors (Lipinski definition) is 6. The number of aryl methyl sites for hydroxylation is 1. The predicted octanol–water partition coefficient (Wildman–Crippen LogP) is 2.74. The summed E-state index contributed by atoms with van der Waals surface area (Å²) >= 11 is 2.78. The van der Waals surface area contributed by atoms with E-state index in [4.69, 9.17) is 9.72 Å². The van der Waals surface area contributed by atoms with Crippen LogP contribution in [0.5, 0.6) is 0 Å². The zero-order chi connectivity index (χ0) is 18.3. The molecular formula is C18H19N3O3S2. The molecule has 6 nitrogen and oxygen atoms in total. The minimum absolute atomic E-state index is 0.0659. The topological polar surface area (TPSA) is 64.4 Å². The lowest BCUT2D eigenvalue weighted by atomic mass is 10.2. The molecule has 1 atom stereocenters. The summed E-state index contributed by atoms with van der Waals surface area (Å²) in [7, 11) is 0. The van der Waals surface area contributed by atoms with E-state index in [-0.39, 0.29) is 23.4 Å². The maximum Gasteiger partial charge on any atom is 0.308 e. The van der Waals surface area contributed by atoms with Crippen LogP contribution in [0.4, 0.5) is 0 Å². The molecule has 0 aliphatic carbocycles. The minimum atomic E-state index is -0.204. The average molecular weight is 390 g/mol. The first-order valence-corrected chi connectivity index (χ1v) is 10.1. The third-order valence-corrected chi connectivity index (χ3v) is 6.85. The van der Waals surface area contributed by atoms with Crippen LogP contribution in [-0.2, 0) is 16.1 Å². The molecule has 1 aromatic carbocycles. The van der Waals surface area contributed by atoms with E-state index in [1.807, 2.05) is 38.1 Å². The Hall–Kier alpha value is -2.03. The van der Waals surface area contributed by atoms with Crippen molar-refractivity contribution >= 4 is 38.8 Å². The van der Waals surface area contributed by atoms with E-state index in [0.29, 0.717) is 19.8 Å². The molecule has 0 bridgehead atoms. The van der Waals surface area contributed by atoms with Gasteiger partial charge in [0.25, 0.3) is 0 Å². The zero-order valence-corrected chi connectivity index (χ0v) is 16.2. The fourth-order valence-electron chi connectivity index (χ4n) is 3.14. The molecule has 1 fully saturated rings. The van der Waals surface area contributed by atoms with Gasteiger partial charge in [-0.25, -0.2) is 4.98 Å². The number of carbonyl (C=O) groups excluding carboxylic acids is 1. The second kappa shape index (κ2) is 6.94. The predicted molar refractivity (Wildman–Crippen MR) is 103 cm³/mol. The monoisotopic (exact) mass is 389 g/mol. The van der Waals surface area contributed by atoms with Crippen LogP contribution in [0, 0.1) is 13.8 Å². The van der Waals surface area contributed by atoms with Crippen LogP contribution in [0.2, 0.25) is 0 Å². The number of carbonyl (C=O) groups is 1. The fraction of sp³-hybridized carbons (Fsp3) is 0.389. The van der Waals surface area contributed by atoms with E-state index in [2.05, 4.69) is 0 Å². The van der Waals surface area contributed by atoms with Crippen molar-refractivity contribution in [2.45, 2.75) is 26.4 Å². The lowest BCUT2D eigenvalue weighted by Gasteiger charge is -2.34. The lowest BCUT2D eigenvalue weighted by Crippen LogP contribution is -2.45. The molecule has 0 spiro atoms. The Bertz CT molecular complexity index is 987. The Balaban J connectivity index is 1.62. The quantitative estimate of drug-likeness (QED) is 0.691. The summed E-state index contributed by atoms with van der Waals surface area (Å²) in [6.07, 6.45) is 0. The number of ether oxygens (including phenoxy) is 1. The number of fused-ring (bicyclic) bond motifs is 1. The molecule has 3 aromatic rings. The standard InChI is InChI=1S/C18H19N3O3S2/c1-11-12(2)25-18(23)21(11)9-16(22)20-7-8-24-10-14(20)17-19-13-5-3-4-6-15(13)26-17/h3-6,14H,7-10H2,1-2H3. The molecule has 136 valence electrons. The summed E-state index contributed by atoms with van der Waals surface area (Å²) in [5.74, 6) is -0.0689. The van der Waals surface area contributed by atoms with Crippen molar-refractivity contribution in [3.8, 4) is 0 Å². The maximum absolute atomic E-state index is 13.0. The Kier molecular flexibility index (Phi) is 4.64. The number of hydrogen-bond donors (Lipinski definition) is 0. The SMILES string of the molecule is Cc1sc(=O)n(CC(=O)N2CCOCC2c2nc3ccccc3s2)c1C. The van der Waals surface area contributed by atoms with Crippen molar-refractivity contribution in [2.75, 3.05) is 19.8 Å². The van der Waals surface area contributed by atoms with Crippen LogP contribution in [0.15, 0.2) is 29.1 Å². The van der Waals surface area contributed by atoms with Crippen molar-refractivity contribution in [1.82, 2.24) is 14.5 Å². The summed E-state index contributed by atoms with van der Waals surface area (Å²) in [6, 6.07) is 7.74. The number of amides is 1. The third kappa shape index (κ3) is 3.08. The summed E-state index contributed by atoms with van der Waals surface area (Å²) in [5.41, 5.74) is 1.80. The Morgan fingerprint density at radius 1 is 1.31 bits per heavy atom. The molecule has 0 N–H and O–H groups in total. The van der Waals surface area contributed by atoms with Crippen molar-refractivity contribution in [1.29, 1.82) is 0 Å². The van der Waals surface area contributed by atoms with Gasteiger partial charge in [-0.05, 0) is 26.0 Å². The molecule has 1 aliphatic heterocycles. The Labute approximate surface area is 158 Å². The van der Waals surface area contributed by atoms with Gasteiger partial charge >= 0.3 is 4.87 Å². The smallest absolute Gasteiger partial charge is 0.308 e. The minimum Gasteiger partial charge on any atom is -0.377 e. The van der Waals surface area contributed by atoms with E-state index in [1.165, 1.54) is 11.3 Å². The molecule has 1 amide bonds. The van der Waals surface area contributed by atoms with Crippen molar-refractivity contribution in [3.63, 3.8) is 0 Å². The van der Waals surface area contributed by atoms with Crippen LogP contribution in [0.3, 0.4) is 0 Å². The van der Waals surface area contributed by atoms with Crippen LogP contribution in [0.1, 0.15) is 21.6 Å². The van der Waals surface area contributed by atoms with Gasteiger partial charge in [0.05, 0.1) is 23.4 Å². The number of aromatic nitrogens is 2. The molecule has 26 heavy (non-hydrogen) atoms. The van der Waals surface area contributed by atoms with Gasteiger partial charge in [-0.3, -0.25) is 14.2 Å². The van der Waals surface area contributed by atoms with Gasteiger partial charge in [-0.15, -0.1) is 11.3 Å². The van der Waals surface area contributed by atoms with Crippen LogP contribution in [0.25, 0.3) is 10.2 Å². The van der Waals surface area contributed by atoms with Gasteiger partial charge in [0, 0.05) is 17.1 Å². The number of morpholine rings is 1. The molecule has 1 unspecified atom stereocenters. The van der Waals surface area contributed by atoms with E-state index in [1.54, 1.807) is 20.8 Å². The van der Waals surface area contributed by atoms with Gasteiger partial charge < -0.3 is 9.64 Å². The highest BCUT2D eigenvalue weighted by Gasteiger charge is 2.31. The average Bonchev–Trinajstić information content (AvgIpc) is 3.18. The van der Waals surface area contributed by atoms with Crippen molar-refractivity contribution < 1.29 is 9.53 Å². The largest absolute Gasteiger partial charge is 0.377 e. The lowest BCUT2D eigenvalue weighted by molar-refractivity contribution is -0.140. The third-order valence-electron chi connectivity index (χ3n) is 4.71. The first-order valence-electron chi connectivity index (χ1n) is 8.44. The van der Waals surface area contributed by atoms with Gasteiger partial charge in [0.15, 0.2) is 0 Å². The molecule has 3 heterocycles. The normalized spacial score (nSPS) is 17.8. The Morgan fingerprint density at radius 2 is 2.12 bits per heavy atom. The van der Waals surface area contributed by atoms with E-state index in [0.717, 1.165) is 25.8 Å². The first kappa shape index (κ1) is 17.4. The van der Waals surface area contributed by atoms with E-state index < -0.39 is 0 Å². The number of benzene rings is 1. The summed E-state index contributed by atoms with van der Waals surface area (Å²) in [4.78, 5) is 32.5. The number of rotatable bonds is 3. The summed E-state index contributed by atoms with van der Waals surface area (Å²) < 4.78 is 8.28. The molecule has 1 aliphatic rings. The van der Waals surface area contributed by atoms with Gasteiger partial charge in [-0.2, -0.15) is 0 Å². The summed E-state index contributed by atoms with van der Waals surface area (Å²) in [6.45, 7) is 5.30. The van der Waals surface area contributed by atoms with Crippen molar-refractivity contribution in [2.24, 2.45) is 0 Å². The maximum atomic E-state index is 13.0. The van der Waals surface area contributed by atoms with Gasteiger partial charge in [-0.1, -0.05) is 23.5 Å². The van der Waals surface area contributed by atoms with Crippen molar-refractivity contribution in [3.05, 3.63) is 49.5 Å². The molecule has 0 saturated carbocycles. The first-order chi connectivity index (χ1) is 12.5. The number of thiazole rings is 2. The number of nitrogens with zero attached hydrogens (tertiary/aromatic N) is 3. The fourth-order valence-corrected chi connectivity index (χ4v) is 5.03. The number of para-hydroxylation sites is 1. The molecule has 0 radical (unpaired) electrons. The highest BCUT2D eigenvalue weighted by molar-refractivity contribution is 7.18. The molecule has 8 heteroatoms. The van der Waals surface area contributed by atoms with E-state index in [9.17, 15) is 9.59 Å². The van der Waals surface area contributed by atoms with Gasteiger partial charge in [0.2, 0.25) is 5.91 Å². The molecule has 2 aromatic heterocycles. The summed E-state index contributed by atoms with van der Waals surface area (Å²) in [5, 5.41) is 0.879.